The van der Waals surface area contributed by atoms with E-state index in [1.165, 1.54) is 11.8 Å². The second-order valence-electron chi connectivity index (χ2n) is 8.15. The van der Waals surface area contributed by atoms with Gasteiger partial charge in [0.25, 0.3) is 0 Å². The third-order valence-electron chi connectivity index (χ3n) is 5.83. The zero-order valence-corrected chi connectivity index (χ0v) is 20.2. The Morgan fingerprint density at radius 3 is 2.24 bits per heavy atom. The van der Waals surface area contributed by atoms with Crippen molar-refractivity contribution in [1.29, 1.82) is 0 Å². The predicted octanol–water partition coefficient (Wildman–Crippen LogP) is 6.07. The number of ether oxygens (including phenoxy) is 1. The third-order valence-corrected chi connectivity index (χ3v) is 7.20. The highest BCUT2D eigenvalue weighted by Gasteiger charge is 2.48. The summed E-state index contributed by atoms with van der Waals surface area (Å²) >= 11 is 1.17. The van der Waals surface area contributed by atoms with Gasteiger partial charge >= 0.3 is 5.97 Å². The van der Waals surface area contributed by atoms with Crippen molar-refractivity contribution in [2.24, 2.45) is 0 Å². The first-order valence-electron chi connectivity index (χ1n) is 11.1. The summed E-state index contributed by atoms with van der Waals surface area (Å²) in [5.41, 5.74) is 3.63. The number of hydrogen-bond acceptors (Lipinski definition) is 5. The van der Waals surface area contributed by atoms with E-state index in [-0.39, 0.29) is 6.61 Å². The van der Waals surface area contributed by atoms with Crippen LogP contribution < -0.4 is 0 Å². The number of thioether (sulfide) groups is 1. The van der Waals surface area contributed by atoms with Gasteiger partial charge in [-0.25, -0.2) is 4.79 Å². The molecule has 1 heterocycles. The lowest BCUT2D eigenvalue weighted by atomic mass is 9.97. The lowest BCUT2D eigenvalue weighted by molar-refractivity contribution is -0.484. The summed E-state index contributed by atoms with van der Waals surface area (Å²) in [6.45, 7) is 5.29. The number of carbonyl (C=O) groups excluding carboxylic acids is 1. The van der Waals surface area contributed by atoms with Crippen molar-refractivity contribution in [3.8, 4) is 5.69 Å². The Morgan fingerprint density at radius 1 is 0.971 bits per heavy atom. The molecule has 0 fully saturated rings. The molecule has 4 rings (SSSR count). The molecule has 0 aliphatic carbocycles. The van der Waals surface area contributed by atoms with Crippen LogP contribution in [0, 0.1) is 24.0 Å². The van der Waals surface area contributed by atoms with E-state index >= 15 is 0 Å². The molecule has 0 N–H and O–H groups in total. The number of benzene rings is 3. The molecule has 34 heavy (non-hydrogen) atoms. The summed E-state index contributed by atoms with van der Waals surface area (Å²) in [6, 6.07) is 25.1. The van der Waals surface area contributed by atoms with Gasteiger partial charge in [-0.3, -0.25) is 10.1 Å². The normalized spacial score (nSPS) is 12.9. The highest BCUT2D eigenvalue weighted by molar-refractivity contribution is 8.01. The number of aryl methyl sites for hydroxylation is 2. The van der Waals surface area contributed by atoms with Crippen molar-refractivity contribution in [3.63, 3.8) is 0 Å². The highest BCUT2D eigenvalue weighted by Crippen LogP contribution is 2.44. The van der Waals surface area contributed by atoms with Crippen molar-refractivity contribution < 1.29 is 14.5 Å². The number of fused-ring (bicyclic) bond motifs is 1. The van der Waals surface area contributed by atoms with Crippen LogP contribution in [0.25, 0.3) is 16.5 Å². The number of esters is 1. The van der Waals surface area contributed by atoms with Crippen molar-refractivity contribution in [2.45, 2.75) is 30.4 Å². The molecule has 1 aromatic heterocycles. The molecule has 0 aliphatic heterocycles. The molecule has 7 heteroatoms. The van der Waals surface area contributed by atoms with Gasteiger partial charge in [0.05, 0.1) is 6.61 Å². The number of carbonyl (C=O) groups is 1. The lowest BCUT2D eigenvalue weighted by Gasteiger charge is -2.28. The zero-order valence-electron chi connectivity index (χ0n) is 19.4. The van der Waals surface area contributed by atoms with Crippen LogP contribution in [0.2, 0.25) is 0 Å². The Hall–Kier alpha value is -3.58. The monoisotopic (exact) mass is 474 g/mol. The Labute approximate surface area is 202 Å². The molecule has 0 saturated carbocycles. The van der Waals surface area contributed by atoms with Gasteiger partial charge in [0.1, 0.15) is 0 Å². The summed E-state index contributed by atoms with van der Waals surface area (Å²) in [4.78, 5) is 25.5. The minimum absolute atomic E-state index is 0.135. The van der Waals surface area contributed by atoms with Crippen LogP contribution in [-0.2, 0) is 14.3 Å². The van der Waals surface area contributed by atoms with Crippen molar-refractivity contribution in [2.75, 3.05) is 13.2 Å². The molecule has 0 saturated heterocycles. The molecule has 174 valence electrons. The van der Waals surface area contributed by atoms with E-state index in [1.807, 2.05) is 80.6 Å². The molecule has 0 unspecified atom stereocenters. The Balaban J connectivity index is 1.82. The average molecular weight is 475 g/mol. The highest BCUT2D eigenvalue weighted by atomic mass is 32.2. The molecule has 0 spiro atoms. The van der Waals surface area contributed by atoms with Gasteiger partial charge in [0.15, 0.2) is 0 Å². The quantitative estimate of drug-likeness (QED) is 0.134. The molecular formula is C27H26N2O4S. The van der Waals surface area contributed by atoms with Crippen molar-refractivity contribution in [3.05, 3.63) is 106 Å². The van der Waals surface area contributed by atoms with Crippen LogP contribution in [0.4, 0.5) is 0 Å². The molecule has 0 bridgehead atoms. The lowest BCUT2D eigenvalue weighted by Crippen LogP contribution is -2.41. The minimum atomic E-state index is -1.53. The van der Waals surface area contributed by atoms with Gasteiger partial charge in [-0.2, -0.15) is 0 Å². The zero-order chi connectivity index (χ0) is 24.3. The third kappa shape index (κ3) is 4.56. The van der Waals surface area contributed by atoms with E-state index in [1.54, 1.807) is 19.1 Å². The molecule has 0 aliphatic rings. The number of nitro groups is 1. The van der Waals surface area contributed by atoms with Gasteiger partial charge < -0.3 is 9.30 Å². The van der Waals surface area contributed by atoms with Gasteiger partial charge in [0, 0.05) is 26.9 Å². The topological polar surface area (TPSA) is 74.4 Å². The first kappa shape index (κ1) is 23.6. The van der Waals surface area contributed by atoms with Crippen LogP contribution in [0.5, 0.6) is 0 Å². The number of nitrogens with zero attached hydrogens (tertiary/aromatic N) is 2. The number of aromatic nitrogens is 1. The van der Waals surface area contributed by atoms with Crippen LogP contribution >= 0.6 is 11.8 Å². The summed E-state index contributed by atoms with van der Waals surface area (Å²) in [5.74, 6) is -0.620. The van der Waals surface area contributed by atoms with E-state index < -0.39 is 22.2 Å². The van der Waals surface area contributed by atoms with Gasteiger partial charge in [0.2, 0.25) is 11.3 Å². The summed E-state index contributed by atoms with van der Waals surface area (Å²) in [7, 11) is 0. The molecule has 0 radical (unpaired) electrons. The standard InChI is InChI=1S/C27H26N2O4S/c1-4-33-26(30)27(18-28(31)32,34-25-16-11-21-7-5-6-8-22(21)17-25)23-12-14-24(15-13-23)29-19(2)9-10-20(29)3/h5-17H,4,18H2,1-3H3/t27-/m1/s1. The molecule has 3 aromatic carbocycles. The second kappa shape index (κ2) is 9.73. The molecular weight excluding hydrogens is 448 g/mol. The van der Waals surface area contributed by atoms with Crippen LogP contribution in [-0.4, -0.2) is 28.6 Å². The largest absolute Gasteiger partial charge is 0.464 e. The fraction of sp³-hybridized carbons (Fsp3) is 0.222. The van der Waals surface area contributed by atoms with E-state index in [0.717, 1.165) is 32.7 Å². The summed E-state index contributed by atoms with van der Waals surface area (Å²) in [5, 5.41) is 13.9. The Morgan fingerprint density at radius 2 is 1.62 bits per heavy atom. The maximum Gasteiger partial charge on any atom is 0.334 e. The Kier molecular flexibility index (Phi) is 6.75. The number of hydrogen-bond donors (Lipinski definition) is 0. The van der Waals surface area contributed by atoms with Crippen LogP contribution in [0.1, 0.15) is 23.9 Å². The SMILES string of the molecule is CCOC(=O)[C@](C[N+](=O)[O-])(Sc1ccc2ccccc2c1)c1ccc(-n2c(C)ccc2C)cc1. The van der Waals surface area contributed by atoms with Gasteiger partial charge in [-0.1, -0.05) is 54.2 Å². The fourth-order valence-electron chi connectivity index (χ4n) is 4.22. The predicted molar refractivity (Wildman–Crippen MR) is 135 cm³/mol. The Bertz CT molecular complexity index is 1330. The first-order valence-corrected chi connectivity index (χ1v) is 11.9. The molecule has 0 amide bonds. The maximum atomic E-state index is 13.3. The smallest absolute Gasteiger partial charge is 0.334 e. The van der Waals surface area contributed by atoms with Crippen molar-refractivity contribution in [1.82, 2.24) is 4.57 Å². The van der Waals surface area contributed by atoms with E-state index in [0.29, 0.717) is 5.56 Å². The first-order chi connectivity index (χ1) is 16.3. The van der Waals surface area contributed by atoms with Crippen molar-refractivity contribution >= 4 is 28.5 Å². The second-order valence-corrected chi connectivity index (χ2v) is 9.52. The number of rotatable bonds is 8. The minimum Gasteiger partial charge on any atom is -0.464 e. The molecule has 6 nitrogen and oxygen atoms in total. The van der Waals surface area contributed by atoms with E-state index in [9.17, 15) is 14.9 Å². The fourth-order valence-corrected chi connectivity index (χ4v) is 5.51. The summed E-state index contributed by atoms with van der Waals surface area (Å²) < 4.78 is 5.96. The maximum absolute atomic E-state index is 13.3. The average Bonchev–Trinajstić information content (AvgIpc) is 3.16. The van der Waals surface area contributed by atoms with E-state index in [4.69, 9.17) is 4.74 Å². The van der Waals surface area contributed by atoms with Gasteiger partial charge in [-0.05, 0) is 73.5 Å². The molecule has 1 atom stereocenters. The van der Waals surface area contributed by atoms with Gasteiger partial charge in [-0.15, -0.1) is 0 Å². The molecule has 4 aromatic rings. The van der Waals surface area contributed by atoms with Crippen LogP contribution in [0.3, 0.4) is 0 Å². The van der Waals surface area contributed by atoms with Crippen LogP contribution in [0.15, 0.2) is 83.8 Å². The van der Waals surface area contributed by atoms with E-state index in [2.05, 4.69) is 4.57 Å². The summed E-state index contributed by atoms with van der Waals surface area (Å²) in [6.07, 6.45) is 0.